The van der Waals surface area contributed by atoms with Crippen molar-refractivity contribution < 1.29 is 9.66 Å². The Kier molecular flexibility index (Phi) is 4.05. The number of rotatable bonds is 4. The van der Waals surface area contributed by atoms with Gasteiger partial charge in [-0.2, -0.15) is 5.26 Å². The van der Waals surface area contributed by atoms with E-state index in [1.165, 1.54) is 13.2 Å². The van der Waals surface area contributed by atoms with E-state index in [1.807, 2.05) is 0 Å². The third-order valence-corrected chi connectivity index (χ3v) is 3.13. The van der Waals surface area contributed by atoms with Gasteiger partial charge in [-0.05, 0) is 24.3 Å². The van der Waals surface area contributed by atoms with Crippen molar-refractivity contribution in [2.45, 2.75) is 0 Å². The molecule has 2 rings (SSSR count). The fourth-order valence-electron chi connectivity index (χ4n) is 2.05. The SMILES string of the molecule is COc1ccc(N(C)c2ccccc2C#N)c([N+](=O)[O-])c1. The fraction of sp³-hybridized carbons (Fsp3) is 0.133. The monoisotopic (exact) mass is 283 g/mol. The average Bonchev–Trinajstić information content (AvgIpc) is 2.53. The van der Waals surface area contributed by atoms with Crippen LogP contribution < -0.4 is 9.64 Å². The Balaban J connectivity index is 2.56. The first-order valence-electron chi connectivity index (χ1n) is 6.13. The summed E-state index contributed by atoms with van der Waals surface area (Å²) in [7, 11) is 3.14. The molecule has 6 heteroatoms. The minimum atomic E-state index is -0.469. The quantitative estimate of drug-likeness (QED) is 0.635. The Morgan fingerprint density at radius 1 is 1.24 bits per heavy atom. The molecule has 0 aliphatic carbocycles. The van der Waals surface area contributed by atoms with E-state index in [0.29, 0.717) is 22.7 Å². The summed E-state index contributed by atoms with van der Waals surface area (Å²) in [6, 6.07) is 13.6. The van der Waals surface area contributed by atoms with Crippen LogP contribution in [0.3, 0.4) is 0 Å². The van der Waals surface area contributed by atoms with E-state index in [4.69, 9.17) is 10.00 Å². The number of hydrogen-bond donors (Lipinski definition) is 0. The number of anilines is 2. The zero-order valence-corrected chi connectivity index (χ0v) is 11.6. The topological polar surface area (TPSA) is 79.4 Å². The smallest absolute Gasteiger partial charge is 0.296 e. The first kappa shape index (κ1) is 14.3. The van der Waals surface area contributed by atoms with Gasteiger partial charge in [-0.15, -0.1) is 0 Å². The molecule has 106 valence electrons. The number of nitro benzene ring substituents is 1. The Hall–Kier alpha value is -3.07. The van der Waals surface area contributed by atoms with Crippen LogP contribution in [0, 0.1) is 21.4 Å². The third kappa shape index (κ3) is 2.77. The lowest BCUT2D eigenvalue weighted by Gasteiger charge is -2.20. The highest BCUT2D eigenvalue weighted by Gasteiger charge is 2.20. The normalized spacial score (nSPS) is 9.76. The summed E-state index contributed by atoms with van der Waals surface area (Å²) >= 11 is 0. The summed E-state index contributed by atoms with van der Waals surface area (Å²) in [4.78, 5) is 12.4. The Bertz CT molecular complexity index is 722. The zero-order chi connectivity index (χ0) is 15.4. The predicted molar refractivity (Wildman–Crippen MR) is 78.9 cm³/mol. The number of para-hydroxylation sites is 1. The van der Waals surface area contributed by atoms with Crippen LogP contribution in [0.5, 0.6) is 5.75 Å². The van der Waals surface area contributed by atoms with Gasteiger partial charge in [0, 0.05) is 7.05 Å². The molecule has 6 nitrogen and oxygen atoms in total. The second kappa shape index (κ2) is 5.92. The molecular weight excluding hydrogens is 270 g/mol. The molecule has 0 aliphatic heterocycles. The van der Waals surface area contributed by atoms with E-state index in [1.54, 1.807) is 48.3 Å². The molecule has 0 heterocycles. The zero-order valence-electron chi connectivity index (χ0n) is 11.6. The second-order valence-electron chi connectivity index (χ2n) is 4.30. The van der Waals surface area contributed by atoms with Gasteiger partial charge in [0.2, 0.25) is 0 Å². The summed E-state index contributed by atoms with van der Waals surface area (Å²) in [5.74, 6) is 0.410. The van der Waals surface area contributed by atoms with Crippen molar-refractivity contribution in [3.8, 4) is 11.8 Å². The van der Waals surface area contributed by atoms with Gasteiger partial charge in [0.1, 0.15) is 17.5 Å². The fourth-order valence-corrected chi connectivity index (χ4v) is 2.05. The van der Waals surface area contributed by atoms with E-state index < -0.39 is 4.92 Å². The van der Waals surface area contributed by atoms with Crippen molar-refractivity contribution in [1.29, 1.82) is 5.26 Å². The number of methoxy groups -OCH3 is 1. The van der Waals surface area contributed by atoms with E-state index in [2.05, 4.69) is 6.07 Å². The van der Waals surface area contributed by atoms with Gasteiger partial charge in [0.25, 0.3) is 5.69 Å². The lowest BCUT2D eigenvalue weighted by molar-refractivity contribution is -0.384. The molecule has 21 heavy (non-hydrogen) atoms. The molecule has 2 aromatic rings. The van der Waals surface area contributed by atoms with Crippen LogP contribution in [0.25, 0.3) is 0 Å². The van der Waals surface area contributed by atoms with Gasteiger partial charge in [-0.25, -0.2) is 0 Å². The van der Waals surface area contributed by atoms with Crippen LogP contribution in [0.1, 0.15) is 5.56 Å². The molecule has 0 aromatic heterocycles. The highest BCUT2D eigenvalue weighted by atomic mass is 16.6. The van der Waals surface area contributed by atoms with Gasteiger partial charge in [0.05, 0.1) is 29.4 Å². The second-order valence-corrected chi connectivity index (χ2v) is 4.30. The number of hydrogen-bond acceptors (Lipinski definition) is 5. The molecule has 0 amide bonds. The number of nitro groups is 1. The summed E-state index contributed by atoms with van der Waals surface area (Å²) in [5, 5.41) is 20.4. The van der Waals surface area contributed by atoms with E-state index >= 15 is 0 Å². The lowest BCUT2D eigenvalue weighted by atomic mass is 10.1. The van der Waals surface area contributed by atoms with Gasteiger partial charge in [-0.1, -0.05) is 12.1 Å². The molecule has 0 radical (unpaired) electrons. The molecule has 0 atom stereocenters. The Morgan fingerprint density at radius 2 is 1.95 bits per heavy atom. The molecule has 0 unspecified atom stereocenters. The number of benzene rings is 2. The summed E-state index contributed by atoms with van der Waals surface area (Å²) in [5.41, 5.74) is 1.37. The number of nitriles is 1. The predicted octanol–water partition coefficient (Wildman–Crippen LogP) is 3.24. The molecule has 0 spiro atoms. The van der Waals surface area contributed by atoms with Crippen LogP contribution in [-0.4, -0.2) is 19.1 Å². The minimum absolute atomic E-state index is 0.0791. The van der Waals surface area contributed by atoms with Crippen molar-refractivity contribution in [2.24, 2.45) is 0 Å². The summed E-state index contributed by atoms with van der Waals surface area (Å²) in [6.45, 7) is 0. The van der Waals surface area contributed by atoms with Crippen molar-refractivity contribution in [2.75, 3.05) is 19.1 Å². The molecule has 2 aromatic carbocycles. The lowest BCUT2D eigenvalue weighted by Crippen LogP contribution is -2.13. The minimum Gasteiger partial charge on any atom is -0.496 e. The highest BCUT2D eigenvalue weighted by Crippen LogP contribution is 2.36. The first-order chi connectivity index (χ1) is 10.1. The van der Waals surface area contributed by atoms with Gasteiger partial charge < -0.3 is 9.64 Å². The summed E-state index contributed by atoms with van der Waals surface area (Å²) in [6.07, 6.45) is 0. The molecule has 0 saturated heterocycles. The number of ether oxygens (including phenoxy) is 1. The average molecular weight is 283 g/mol. The number of nitrogens with zero attached hydrogens (tertiary/aromatic N) is 3. The Labute approximate surface area is 122 Å². The molecule has 0 saturated carbocycles. The van der Waals surface area contributed by atoms with Crippen molar-refractivity contribution in [1.82, 2.24) is 0 Å². The van der Waals surface area contributed by atoms with Gasteiger partial charge in [0.15, 0.2) is 0 Å². The van der Waals surface area contributed by atoms with Crippen LogP contribution >= 0.6 is 0 Å². The van der Waals surface area contributed by atoms with Crippen LogP contribution in [0.2, 0.25) is 0 Å². The van der Waals surface area contributed by atoms with Crippen LogP contribution in [-0.2, 0) is 0 Å². The molecular formula is C15H13N3O3. The third-order valence-electron chi connectivity index (χ3n) is 3.13. The molecule has 0 fully saturated rings. The molecule has 0 bridgehead atoms. The Morgan fingerprint density at radius 3 is 2.57 bits per heavy atom. The van der Waals surface area contributed by atoms with Gasteiger partial charge >= 0.3 is 0 Å². The molecule has 0 aliphatic rings. The van der Waals surface area contributed by atoms with Crippen LogP contribution in [0.4, 0.5) is 17.1 Å². The largest absolute Gasteiger partial charge is 0.496 e. The van der Waals surface area contributed by atoms with E-state index in [0.717, 1.165) is 0 Å². The maximum Gasteiger partial charge on any atom is 0.296 e. The standard InChI is InChI=1S/C15H13N3O3/c1-17(13-6-4-3-5-11(13)10-16)14-8-7-12(21-2)9-15(14)18(19)20/h3-9H,1-2H3. The van der Waals surface area contributed by atoms with E-state index in [-0.39, 0.29) is 5.69 Å². The first-order valence-corrected chi connectivity index (χ1v) is 6.13. The van der Waals surface area contributed by atoms with Crippen molar-refractivity contribution in [3.63, 3.8) is 0 Å². The van der Waals surface area contributed by atoms with Crippen LogP contribution in [0.15, 0.2) is 42.5 Å². The van der Waals surface area contributed by atoms with Crippen molar-refractivity contribution >= 4 is 17.1 Å². The van der Waals surface area contributed by atoms with E-state index in [9.17, 15) is 10.1 Å². The highest BCUT2D eigenvalue weighted by molar-refractivity contribution is 5.75. The maximum absolute atomic E-state index is 11.2. The maximum atomic E-state index is 11.2. The molecule has 0 N–H and O–H groups in total. The van der Waals surface area contributed by atoms with Gasteiger partial charge in [-0.3, -0.25) is 10.1 Å². The summed E-state index contributed by atoms with van der Waals surface area (Å²) < 4.78 is 5.02. The van der Waals surface area contributed by atoms with Crippen molar-refractivity contribution in [3.05, 3.63) is 58.1 Å².